The maximum atomic E-state index is 11.4. The number of ether oxygens (including phenoxy) is 3. The van der Waals surface area contributed by atoms with E-state index in [1.54, 1.807) is 12.2 Å². The first-order chi connectivity index (χ1) is 12.6. The van der Waals surface area contributed by atoms with Gasteiger partial charge in [0.25, 0.3) is 0 Å². The van der Waals surface area contributed by atoms with Crippen molar-refractivity contribution in [2.75, 3.05) is 0 Å². The highest BCUT2D eigenvalue weighted by Gasteiger charge is 2.16. The molecular weight excluding hydrogens is 348 g/mol. The molecule has 0 heterocycles. The highest BCUT2D eigenvalue weighted by molar-refractivity contribution is 5.68. The molecule has 0 saturated heterocycles. The van der Waals surface area contributed by atoms with Gasteiger partial charge in [-0.15, -0.1) is 0 Å². The lowest BCUT2D eigenvalue weighted by atomic mass is 10.1. The molecule has 0 rings (SSSR count). The number of hydrogen-bond donors (Lipinski definition) is 0. The normalized spacial score (nSPS) is 12.5. The van der Waals surface area contributed by atoms with E-state index in [-0.39, 0.29) is 0 Å². The van der Waals surface area contributed by atoms with Crippen molar-refractivity contribution in [1.82, 2.24) is 0 Å². The lowest BCUT2D eigenvalue weighted by molar-refractivity contribution is -0.144. The zero-order valence-electron chi connectivity index (χ0n) is 16.6. The monoisotopic (exact) mass is 374 g/mol. The molecule has 0 aromatic heterocycles. The van der Waals surface area contributed by atoms with Crippen molar-refractivity contribution in [3.05, 3.63) is 47.5 Å². The van der Waals surface area contributed by atoms with Gasteiger partial charge < -0.3 is 14.2 Å². The van der Waals surface area contributed by atoms with Crippen molar-refractivity contribution in [1.29, 1.82) is 0 Å². The first-order valence-corrected chi connectivity index (χ1v) is 8.31. The van der Waals surface area contributed by atoms with Gasteiger partial charge in [0, 0.05) is 32.8 Å². The van der Waals surface area contributed by atoms with Crippen LogP contribution in [0.3, 0.4) is 0 Å². The van der Waals surface area contributed by atoms with Gasteiger partial charge in [-0.1, -0.05) is 23.5 Å². The Labute approximate surface area is 160 Å². The second kappa shape index (κ2) is 13.2. The number of carbonyl (C=O) groups is 3. The summed E-state index contributed by atoms with van der Waals surface area (Å²) < 4.78 is 14.9. The van der Waals surface area contributed by atoms with Gasteiger partial charge in [0.2, 0.25) is 0 Å². The summed E-state index contributed by atoms with van der Waals surface area (Å²) in [6.07, 6.45) is 6.86. The van der Waals surface area contributed by atoms with E-state index in [1.165, 1.54) is 26.8 Å². The molecule has 0 aromatic rings. The van der Waals surface area contributed by atoms with E-state index < -0.39 is 24.0 Å². The second-order valence-corrected chi connectivity index (χ2v) is 5.85. The molecule has 0 saturated carbocycles. The molecule has 0 bridgehead atoms. The summed E-state index contributed by atoms with van der Waals surface area (Å²) in [4.78, 5) is 33.5. The highest BCUT2D eigenvalue weighted by Crippen LogP contribution is 2.16. The van der Waals surface area contributed by atoms with Crippen molar-refractivity contribution >= 4 is 17.9 Å². The molecule has 0 radical (unpaired) electrons. The molecule has 0 spiro atoms. The van der Waals surface area contributed by atoms with Crippen LogP contribution in [0.15, 0.2) is 47.5 Å². The molecule has 0 amide bonds. The van der Waals surface area contributed by atoms with Gasteiger partial charge in [-0.2, -0.15) is 0 Å². The molecule has 0 aliphatic heterocycles. The Morgan fingerprint density at radius 2 is 1.56 bits per heavy atom. The third kappa shape index (κ3) is 13.9. The second-order valence-electron chi connectivity index (χ2n) is 5.85. The fourth-order valence-electron chi connectivity index (χ4n) is 1.66. The summed E-state index contributed by atoms with van der Waals surface area (Å²) in [6.45, 7) is 9.50. The van der Waals surface area contributed by atoms with E-state index in [1.807, 2.05) is 20.8 Å². The summed E-state index contributed by atoms with van der Waals surface area (Å²) in [5.74, 6) is 4.35. The van der Waals surface area contributed by atoms with Crippen LogP contribution < -0.4 is 0 Å². The standard InChI is InChI=1S/C21H26O6/c1-15(2)8-7-9-16(3)10-11-21(27-19(6)24)20(14-26-18(5)23)12-13-25-17(4)22/h8,10,12-14,21H,11H2,1-6H3/b13-12+,16-10+,20-14+/t21-/m0/s1. The summed E-state index contributed by atoms with van der Waals surface area (Å²) >= 11 is 0. The molecule has 6 nitrogen and oxygen atoms in total. The van der Waals surface area contributed by atoms with Crippen LogP contribution in [0.25, 0.3) is 0 Å². The van der Waals surface area contributed by atoms with E-state index >= 15 is 0 Å². The predicted octanol–water partition coefficient (Wildman–Crippen LogP) is 3.75. The SMILES string of the molecule is CC(=O)O/C=C/C(=C\OC(C)=O)[C@H](C/C=C(\C)C#CC=C(C)C)OC(C)=O. The summed E-state index contributed by atoms with van der Waals surface area (Å²) in [5, 5.41) is 0. The number of rotatable bonds is 7. The van der Waals surface area contributed by atoms with Crippen LogP contribution in [0.1, 0.15) is 48.0 Å². The molecule has 0 aromatic carbocycles. The van der Waals surface area contributed by atoms with Crippen LogP contribution in [0.4, 0.5) is 0 Å². The molecule has 0 N–H and O–H groups in total. The van der Waals surface area contributed by atoms with Gasteiger partial charge in [0.15, 0.2) is 0 Å². The van der Waals surface area contributed by atoms with Crippen LogP contribution in [0.5, 0.6) is 0 Å². The molecule has 6 heteroatoms. The van der Waals surface area contributed by atoms with Crippen molar-refractivity contribution in [3.63, 3.8) is 0 Å². The predicted molar refractivity (Wildman–Crippen MR) is 102 cm³/mol. The van der Waals surface area contributed by atoms with Gasteiger partial charge in [-0.3, -0.25) is 14.4 Å². The van der Waals surface area contributed by atoms with E-state index in [2.05, 4.69) is 11.8 Å². The minimum absolute atomic E-state index is 0.298. The number of hydrogen-bond acceptors (Lipinski definition) is 6. The smallest absolute Gasteiger partial charge is 0.307 e. The number of carbonyl (C=O) groups excluding carboxylic acids is 3. The number of esters is 3. The maximum Gasteiger partial charge on any atom is 0.307 e. The molecule has 27 heavy (non-hydrogen) atoms. The molecule has 0 aliphatic rings. The minimum atomic E-state index is -0.742. The lowest BCUT2D eigenvalue weighted by Gasteiger charge is -2.16. The molecule has 1 atom stereocenters. The Balaban J connectivity index is 5.54. The quantitative estimate of drug-likeness (QED) is 0.222. The average Bonchev–Trinajstić information content (AvgIpc) is 2.53. The van der Waals surface area contributed by atoms with Crippen molar-refractivity contribution < 1.29 is 28.6 Å². The van der Waals surface area contributed by atoms with Crippen LogP contribution in [0.2, 0.25) is 0 Å². The van der Waals surface area contributed by atoms with Crippen molar-refractivity contribution in [2.45, 2.75) is 54.1 Å². The Morgan fingerprint density at radius 1 is 0.926 bits per heavy atom. The van der Waals surface area contributed by atoms with Crippen LogP contribution in [-0.2, 0) is 28.6 Å². The third-order valence-corrected chi connectivity index (χ3v) is 2.80. The van der Waals surface area contributed by atoms with E-state index in [9.17, 15) is 14.4 Å². The Kier molecular flexibility index (Phi) is 11.7. The fraction of sp³-hybridized carbons (Fsp3) is 0.381. The van der Waals surface area contributed by atoms with Gasteiger partial charge in [0.05, 0.1) is 6.26 Å². The van der Waals surface area contributed by atoms with Gasteiger partial charge in [-0.05, 0) is 38.5 Å². The summed E-state index contributed by atoms with van der Waals surface area (Å²) in [7, 11) is 0. The topological polar surface area (TPSA) is 78.9 Å². The largest absolute Gasteiger partial charge is 0.457 e. The van der Waals surface area contributed by atoms with Crippen molar-refractivity contribution in [3.8, 4) is 11.8 Å². The highest BCUT2D eigenvalue weighted by atomic mass is 16.5. The van der Waals surface area contributed by atoms with Crippen LogP contribution in [-0.4, -0.2) is 24.0 Å². The Hall–Kier alpha value is -3.07. The summed E-state index contributed by atoms with van der Waals surface area (Å²) in [6, 6.07) is 0. The van der Waals surface area contributed by atoms with Gasteiger partial charge in [0.1, 0.15) is 12.4 Å². The fourth-order valence-corrected chi connectivity index (χ4v) is 1.66. The molecule has 0 aliphatic carbocycles. The number of allylic oxidation sites excluding steroid dienone is 3. The Morgan fingerprint density at radius 3 is 2.07 bits per heavy atom. The summed E-state index contributed by atoms with van der Waals surface area (Å²) in [5.41, 5.74) is 2.23. The third-order valence-electron chi connectivity index (χ3n) is 2.80. The molecular formula is C21H26O6. The Bertz CT molecular complexity index is 722. The maximum absolute atomic E-state index is 11.4. The first kappa shape index (κ1) is 23.9. The van der Waals surface area contributed by atoms with Crippen molar-refractivity contribution in [2.24, 2.45) is 0 Å². The van der Waals surface area contributed by atoms with E-state index in [0.29, 0.717) is 12.0 Å². The molecule has 0 unspecified atom stereocenters. The van der Waals surface area contributed by atoms with Gasteiger partial charge in [-0.25, -0.2) is 0 Å². The average molecular weight is 374 g/mol. The molecule has 146 valence electrons. The van der Waals surface area contributed by atoms with Gasteiger partial charge >= 0.3 is 17.9 Å². The minimum Gasteiger partial charge on any atom is -0.457 e. The molecule has 0 fully saturated rings. The lowest BCUT2D eigenvalue weighted by Crippen LogP contribution is -2.18. The van der Waals surface area contributed by atoms with Crippen LogP contribution >= 0.6 is 0 Å². The zero-order valence-corrected chi connectivity index (χ0v) is 16.6. The van der Waals surface area contributed by atoms with E-state index in [0.717, 1.165) is 23.7 Å². The zero-order chi connectivity index (χ0) is 20.8. The first-order valence-electron chi connectivity index (χ1n) is 8.31. The van der Waals surface area contributed by atoms with E-state index in [4.69, 9.17) is 14.2 Å². The van der Waals surface area contributed by atoms with Crippen LogP contribution in [0, 0.1) is 11.8 Å².